The summed E-state index contributed by atoms with van der Waals surface area (Å²) >= 11 is 1.27. The monoisotopic (exact) mass is 495 g/mol. The molecule has 0 N–H and O–H groups in total. The highest BCUT2D eigenvalue weighted by molar-refractivity contribution is 8.13. The molecule has 5 rings (SSSR count). The van der Waals surface area contributed by atoms with Crippen molar-refractivity contribution in [3.63, 3.8) is 0 Å². The highest BCUT2D eigenvalue weighted by Crippen LogP contribution is 2.30. The Balaban J connectivity index is 1.48. The molecule has 1 aromatic heterocycles. The number of anilines is 1. The van der Waals surface area contributed by atoms with Crippen LogP contribution in [0, 0.1) is 6.92 Å². The minimum Gasteiger partial charge on any atom is -0.267 e. The molecule has 36 heavy (non-hydrogen) atoms. The minimum atomic E-state index is -0.235. The Bertz CT molecular complexity index is 1550. The molecule has 0 saturated heterocycles. The lowest BCUT2D eigenvalue weighted by molar-refractivity contribution is -0.113. The van der Waals surface area contributed by atoms with Crippen molar-refractivity contribution in [2.75, 3.05) is 4.90 Å². The summed E-state index contributed by atoms with van der Waals surface area (Å²) in [5, 5.41) is 9.19. The van der Waals surface area contributed by atoms with E-state index in [4.69, 9.17) is 0 Å². The van der Waals surface area contributed by atoms with Gasteiger partial charge in [0.1, 0.15) is 11.2 Å². The third-order valence-electron chi connectivity index (χ3n) is 5.97. The van der Waals surface area contributed by atoms with E-state index < -0.39 is 0 Å². The largest absolute Gasteiger partial charge is 0.283 e. The number of amides is 1. The van der Waals surface area contributed by atoms with Crippen molar-refractivity contribution in [1.29, 1.82) is 0 Å². The second-order valence-corrected chi connectivity index (χ2v) is 9.82. The van der Waals surface area contributed by atoms with Crippen LogP contribution < -0.4 is 10.5 Å². The van der Waals surface area contributed by atoms with Crippen molar-refractivity contribution in [2.45, 2.75) is 32.6 Å². The van der Waals surface area contributed by atoms with Gasteiger partial charge in [-0.05, 0) is 54.3 Å². The summed E-state index contributed by atoms with van der Waals surface area (Å²) in [5.74, 6) is 0.382. The lowest BCUT2D eigenvalue weighted by atomic mass is 10.0. The molecule has 8 heteroatoms. The van der Waals surface area contributed by atoms with E-state index in [-0.39, 0.29) is 17.3 Å². The zero-order valence-electron chi connectivity index (χ0n) is 20.3. The minimum absolute atomic E-state index is 0.168. The Hall–Kier alpha value is -4.04. The molecule has 0 bridgehead atoms. The van der Waals surface area contributed by atoms with E-state index in [2.05, 4.69) is 41.3 Å². The topological polar surface area (TPSA) is 80.5 Å². The van der Waals surface area contributed by atoms with Crippen LogP contribution >= 0.6 is 11.8 Å². The van der Waals surface area contributed by atoms with Crippen molar-refractivity contribution in [1.82, 2.24) is 15.0 Å². The second-order valence-electron chi connectivity index (χ2n) is 8.91. The standard InChI is InChI=1S/C28H25N5O2S/c1-18(2)21-12-10-20(11-13-21)16-25-27(35)33(22-14-8-19(3)9-15-22)28(29-25)36-17-32-26(34)23-6-4-5-7-24(23)30-31-32/h4-16,18H,17H2,1-3H3. The lowest BCUT2D eigenvalue weighted by Gasteiger charge is -2.18. The third kappa shape index (κ3) is 4.72. The van der Waals surface area contributed by atoms with Gasteiger partial charge in [-0.2, -0.15) is 4.68 Å². The van der Waals surface area contributed by atoms with E-state index in [1.54, 1.807) is 29.2 Å². The quantitative estimate of drug-likeness (QED) is 0.348. The summed E-state index contributed by atoms with van der Waals surface area (Å²) in [6.07, 6.45) is 1.79. The van der Waals surface area contributed by atoms with Gasteiger partial charge in [0.05, 0.1) is 17.0 Å². The number of fused-ring (bicyclic) bond motifs is 1. The molecule has 0 fully saturated rings. The average Bonchev–Trinajstić information content (AvgIpc) is 3.19. The summed E-state index contributed by atoms with van der Waals surface area (Å²) in [5.41, 5.74) is 4.60. The number of aryl methyl sites for hydroxylation is 1. The van der Waals surface area contributed by atoms with Crippen LogP contribution in [0.3, 0.4) is 0 Å². The molecule has 1 aliphatic rings. The number of carbonyl (C=O) groups excluding carboxylic acids is 1. The van der Waals surface area contributed by atoms with E-state index >= 15 is 0 Å². The Morgan fingerprint density at radius 2 is 1.67 bits per heavy atom. The van der Waals surface area contributed by atoms with E-state index in [1.807, 2.05) is 49.4 Å². The molecule has 3 aromatic carbocycles. The molecule has 1 aliphatic heterocycles. The fourth-order valence-corrected chi connectivity index (χ4v) is 4.76. The van der Waals surface area contributed by atoms with Crippen LogP contribution in [0.1, 0.15) is 36.5 Å². The van der Waals surface area contributed by atoms with Crippen LogP contribution in [0.5, 0.6) is 0 Å². The Morgan fingerprint density at radius 3 is 2.39 bits per heavy atom. The van der Waals surface area contributed by atoms with Crippen molar-refractivity contribution in [3.05, 3.63) is 106 Å². The van der Waals surface area contributed by atoms with Crippen LogP contribution in [0.25, 0.3) is 17.0 Å². The fourth-order valence-electron chi connectivity index (χ4n) is 3.88. The van der Waals surface area contributed by atoms with Crippen molar-refractivity contribution >= 4 is 45.5 Å². The summed E-state index contributed by atoms with van der Waals surface area (Å²) < 4.78 is 1.29. The van der Waals surface area contributed by atoms with Crippen LogP contribution in [0.2, 0.25) is 0 Å². The van der Waals surface area contributed by atoms with Gasteiger partial charge >= 0.3 is 0 Å². The molecule has 0 aliphatic carbocycles. The third-order valence-corrected chi connectivity index (χ3v) is 6.88. The first-order valence-electron chi connectivity index (χ1n) is 11.7. The van der Waals surface area contributed by atoms with Gasteiger partial charge in [-0.3, -0.25) is 14.5 Å². The molecule has 4 aromatic rings. The fraction of sp³-hybridized carbons (Fsp3) is 0.179. The molecule has 0 spiro atoms. The molecular formula is C28H25N5O2S. The molecule has 0 atom stereocenters. The molecular weight excluding hydrogens is 470 g/mol. The first-order valence-corrected chi connectivity index (χ1v) is 12.7. The van der Waals surface area contributed by atoms with Crippen LogP contribution in [0.15, 0.2) is 88.3 Å². The Kier molecular flexibility index (Phi) is 6.52. The number of amidine groups is 1. The van der Waals surface area contributed by atoms with E-state index in [1.165, 1.54) is 22.0 Å². The maximum Gasteiger partial charge on any atom is 0.283 e. The van der Waals surface area contributed by atoms with E-state index in [9.17, 15) is 9.59 Å². The number of aliphatic imine (C=N–C) groups is 1. The first kappa shape index (κ1) is 23.7. The SMILES string of the molecule is Cc1ccc(N2C(=O)C(=Cc3ccc(C(C)C)cc3)N=C2SCn2nnc3ccccc3c2=O)cc1. The number of thioether (sulfide) groups is 1. The normalized spacial score (nSPS) is 14.8. The van der Waals surface area contributed by atoms with Gasteiger partial charge in [0.15, 0.2) is 5.17 Å². The molecule has 0 radical (unpaired) electrons. The maximum atomic E-state index is 13.5. The number of carbonyl (C=O) groups is 1. The van der Waals surface area contributed by atoms with Crippen LogP contribution in [-0.4, -0.2) is 26.1 Å². The smallest absolute Gasteiger partial charge is 0.267 e. The average molecular weight is 496 g/mol. The van der Waals surface area contributed by atoms with Crippen molar-refractivity contribution < 1.29 is 4.79 Å². The Labute approximate surface area is 213 Å². The molecule has 2 heterocycles. The van der Waals surface area contributed by atoms with Gasteiger partial charge in [0.25, 0.3) is 11.5 Å². The van der Waals surface area contributed by atoms with E-state index in [0.29, 0.717) is 33.4 Å². The van der Waals surface area contributed by atoms with Gasteiger partial charge in [0, 0.05) is 0 Å². The van der Waals surface area contributed by atoms with Crippen molar-refractivity contribution in [2.24, 2.45) is 4.99 Å². The molecule has 7 nitrogen and oxygen atoms in total. The zero-order chi connectivity index (χ0) is 25.2. The maximum absolute atomic E-state index is 13.5. The van der Waals surface area contributed by atoms with E-state index in [0.717, 1.165) is 11.1 Å². The molecule has 180 valence electrons. The number of benzene rings is 3. The van der Waals surface area contributed by atoms with Gasteiger partial charge in [-0.15, -0.1) is 5.10 Å². The highest BCUT2D eigenvalue weighted by atomic mass is 32.2. The zero-order valence-corrected chi connectivity index (χ0v) is 21.1. The van der Waals surface area contributed by atoms with Crippen molar-refractivity contribution in [3.8, 4) is 0 Å². The lowest BCUT2D eigenvalue weighted by Crippen LogP contribution is -2.31. The molecule has 0 unspecified atom stereocenters. The predicted molar refractivity (Wildman–Crippen MR) is 146 cm³/mol. The number of hydrogen-bond donors (Lipinski definition) is 0. The van der Waals surface area contributed by atoms with Crippen LogP contribution in [0.4, 0.5) is 5.69 Å². The van der Waals surface area contributed by atoms with Gasteiger partial charge in [-0.25, -0.2) is 4.99 Å². The molecule has 0 saturated carbocycles. The highest BCUT2D eigenvalue weighted by Gasteiger charge is 2.32. The summed E-state index contributed by atoms with van der Waals surface area (Å²) in [6, 6.07) is 22.9. The Morgan fingerprint density at radius 1 is 0.944 bits per heavy atom. The number of nitrogens with zero attached hydrogens (tertiary/aromatic N) is 5. The summed E-state index contributed by atoms with van der Waals surface area (Å²) in [4.78, 5) is 32.6. The summed E-state index contributed by atoms with van der Waals surface area (Å²) in [7, 11) is 0. The second kappa shape index (κ2) is 9.91. The van der Waals surface area contributed by atoms with Gasteiger partial charge < -0.3 is 0 Å². The number of hydrogen-bond acceptors (Lipinski definition) is 6. The molecule has 1 amide bonds. The predicted octanol–water partition coefficient (Wildman–Crippen LogP) is 5.36. The first-order chi connectivity index (χ1) is 17.4. The number of rotatable bonds is 5. The van der Waals surface area contributed by atoms with Crippen LogP contribution in [-0.2, 0) is 10.7 Å². The van der Waals surface area contributed by atoms with Gasteiger partial charge in [0.2, 0.25) is 0 Å². The van der Waals surface area contributed by atoms with Gasteiger partial charge in [-0.1, -0.05) is 84.9 Å². The summed E-state index contributed by atoms with van der Waals surface area (Å²) in [6.45, 7) is 6.29. The number of aromatic nitrogens is 3.